The summed E-state index contributed by atoms with van der Waals surface area (Å²) in [5.74, 6) is -0.950. The fraction of sp³-hybridized carbons (Fsp3) is 0.474. The van der Waals surface area contributed by atoms with E-state index in [1.807, 2.05) is 20.8 Å². The van der Waals surface area contributed by atoms with Crippen LogP contribution in [0.5, 0.6) is 0 Å². The lowest BCUT2D eigenvalue weighted by Gasteiger charge is -2.13. The molecule has 0 N–H and O–H groups in total. The van der Waals surface area contributed by atoms with E-state index < -0.39 is 11.9 Å². The number of carbonyl (C=O) groups is 2. The van der Waals surface area contributed by atoms with Crippen LogP contribution in [0.25, 0.3) is 0 Å². The lowest BCUT2D eigenvalue weighted by atomic mass is 10.4. The molecule has 0 heterocycles. The first-order valence-corrected chi connectivity index (χ1v) is 7.85. The molecule has 0 radical (unpaired) electrons. The van der Waals surface area contributed by atoms with Crippen molar-refractivity contribution in [1.82, 2.24) is 0 Å². The van der Waals surface area contributed by atoms with Crippen molar-refractivity contribution >= 4 is 11.9 Å². The van der Waals surface area contributed by atoms with E-state index in [2.05, 4.69) is 26.3 Å². The Morgan fingerprint density at radius 2 is 1.24 bits per heavy atom. The van der Waals surface area contributed by atoms with Crippen molar-refractivity contribution < 1.29 is 28.5 Å². The van der Waals surface area contributed by atoms with E-state index >= 15 is 0 Å². The Morgan fingerprint density at radius 1 is 0.840 bits per heavy atom. The molecule has 6 nitrogen and oxygen atoms in total. The van der Waals surface area contributed by atoms with Gasteiger partial charge < -0.3 is 18.9 Å². The van der Waals surface area contributed by atoms with Crippen LogP contribution in [0, 0.1) is 0 Å². The molecule has 0 rings (SSSR count). The van der Waals surface area contributed by atoms with Gasteiger partial charge in [-0.1, -0.05) is 25.3 Å². The molecule has 0 saturated carbocycles. The molecule has 0 aliphatic rings. The Labute approximate surface area is 151 Å². The molecule has 0 bridgehead atoms. The molecule has 0 aromatic carbocycles. The molecular weight excluding hydrogens is 324 g/mol. The summed E-state index contributed by atoms with van der Waals surface area (Å²) in [6.45, 7) is 20.2. The minimum atomic E-state index is -0.475. The Hall–Kier alpha value is -2.18. The van der Waals surface area contributed by atoms with E-state index in [-0.39, 0.29) is 25.9 Å². The summed E-state index contributed by atoms with van der Waals surface area (Å²) in [5, 5.41) is 0. The number of hydrogen-bond donors (Lipinski definition) is 0. The van der Waals surface area contributed by atoms with E-state index in [9.17, 15) is 9.59 Å². The van der Waals surface area contributed by atoms with Gasteiger partial charge in [0.05, 0.1) is 25.9 Å². The Kier molecular flexibility index (Phi) is 26.6. The zero-order chi connectivity index (χ0) is 19.9. The van der Waals surface area contributed by atoms with Crippen LogP contribution < -0.4 is 0 Å². The molecule has 1 atom stereocenters. The van der Waals surface area contributed by atoms with Gasteiger partial charge in [0.25, 0.3) is 0 Å². The summed E-state index contributed by atoms with van der Waals surface area (Å²) in [7, 11) is 0. The zero-order valence-electron chi connectivity index (χ0n) is 15.7. The van der Waals surface area contributed by atoms with Crippen molar-refractivity contribution in [1.29, 1.82) is 0 Å². The monoisotopic (exact) mass is 356 g/mol. The highest BCUT2D eigenvalue weighted by Gasteiger charge is 2.03. The van der Waals surface area contributed by atoms with Crippen molar-refractivity contribution in [3.8, 4) is 0 Å². The van der Waals surface area contributed by atoms with Crippen LogP contribution in [0.1, 0.15) is 20.8 Å². The van der Waals surface area contributed by atoms with Crippen LogP contribution in [0.4, 0.5) is 0 Å². The highest BCUT2D eigenvalue weighted by molar-refractivity contribution is 5.81. The van der Waals surface area contributed by atoms with E-state index in [1.165, 1.54) is 0 Å². The zero-order valence-corrected chi connectivity index (χ0v) is 15.7. The fourth-order valence-electron chi connectivity index (χ4n) is 1.01. The largest absolute Gasteiger partial charge is 0.460 e. The van der Waals surface area contributed by atoms with Gasteiger partial charge in [-0.25, -0.2) is 9.59 Å². The standard InChI is InChI=1S/C13H20O6.2C3H6/c1-4-12(14)18-7-6-16-10-11(3)17-8-9-19-13(15)5-2;2*1-3-2/h4-5,11H,1-2,6-10H2,3H3;2*3H,1H2,2H3. The first-order chi connectivity index (χ1) is 11.9. The Balaban J connectivity index is -0.000000700. The Bertz CT molecular complexity index is 370. The van der Waals surface area contributed by atoms with Crippen molar-refractivity contribution in [2.75, 3.05) is 33.0 Å². The fourth-order valence-corrected chi connectivity index (χ4v) is 1.01. The average molecular weight is 356 g/mol. The molecule has 0 aromatic rings. The van der Waals surface area contributed by atoms with Crippen LogP contribution in [0.3, 0.4) is 0 Å². The van der Waals surface area contributed by atoms with E-state index in [1.54, 1.807) is 12.2 Å². The van der Waals surface area contributed by atoms with Gasteiger partial charge in [0.1, 0.15) is 13.2 Å². The second-order valence-electron chi connectivity index (χ2n) is 4.32. The maximum atomic E-state index is 10.7. The molecule has 0 fully saturated rings. The molecule has 0 spiro atoms. The summed E-state index contributed by atoms with van der Waals surface area (Å²) in [6.07, 6.45) is 5.55. The number of rotatable bonds is 11. The van der Waals surface area contributed by atoms with Gasteiger partial charge in [0.15, 0.2) is 0 Å². The highest BCUT2D eigenvalue weighted by Crippen LogP contribution is 1.93. The summed E-state index contributed by atoms with van der Waals surface area (Å²) >= 11 is 0. The van der Waals surface area contributed by atoms with Gasteiger partial charge in [0.2, 0.25) is 0 Å². The van der Waals surface area contributed by atoms with Crippen LogP contribution >= 0.6 is 0 Å². The summed E-state index contributed by atoms with van der Waals surface area (Å²) < 4.78 is 20.0. The SMILES string of the molecule is C=CC.C=CC.C=CC(=O)OCCOCC(C)OCCOC(=O)C=C. The van der Waals surface area contributed by atoms with Crippen molar-refractivity contribution in [3.05, 3.63) is 50.6 Å². The quantitative estimate of drug-likeness (QED) is 0.245. The number of hydrogen-bond acceptors (Lipinski definition) is 6. The van der Waals surface area contributed by atoms with Gasteiger partial charge in [-0.2, -0.15) is 0 Å². The molecular formula is C19H32O6. The molecule has 0 amide bonds. The average Bonchev–Trinajstić information content (AvgIpc) is 2.59. The van der Waals surface area contributed by atoms with Crippen molar-refractivity contribution in [2.45, 2.75) is 26.9 Å². The molecule has 0 aromatic heterocycles. The number of allylic oxidation sites excluding steroid dienone is 2. The van der Waals surface area contributed by atoms with Crippen LogP contribution in [-0.2, 0) is 28.5 Å². The second-order valence-corrected chi connectivity index (χ2v) is 4.32. The smallest absolute Gasteiger partial charge is 0.330 e. The minimum Gasteiger partial charge on any atom is -0.460 e. The summed E-state index contributed by atoms with van der Waals surface area (Å²) in [5.41, 5.74) is 0. The van der Waals surface area contributed by atoms with Gasteiger partial charge >= 0.3 is 11.9 Å². The van der Waals surface area contributed by atoms with Gasteiger partial charge in [0, 0.05) is 12.2 Å². The van der Waals surface area contributed by atoms with Crippen LogP contribution in [-0.4, -0.2) is 51.1 Å². The maximum absolute atomic E-state index is 10.7. The normalized spacial score (nSPS) is 9.72. The topological polar surface area (TPSA) is 71.1 Å². The van der Waals surface area contributed by atoms with Gasteiger partial charge in [-0.15, -0.1) is 13.2 Å². The third-order valence-electron chi connectivity index (χ3n) is 1.89. The predicted octanol–water partition coefficient (Wildman–Crippen LogP) is 3.25. The van der Waals surface area contributed by atoms with Gasteiger partial charge in [-0.05, 0) is 20.8 Å². The first-order valence-electron chi connectivity index (χ1n) is 7.85. The number of ether oxygens (including phenoxy) is 4. The van der Waals surface area contributed by atoms with Gasteiger partial charge in [-0.3, -0.25) is 0 Å². The lowest BCUT2D eigenvalue weighted by molar-refractivity contribution is -0.142. The maximum Gasteiger partial charge on any atom is 0.330 e. The van der Waals surface area contributed by atoms with Crippen LogP contribution in [0.15, 0.2) is 50.6 Å². The Morgan fingerprint density at radius 3 is 1.64 bits per heavy atom. The minimum absolute atomic E-state index is 0.141. The molecule has 0 saturated heterocycles. The predicted molar refractivity (Wildman–Crippen MR) is 100 cm³/mol. The van der Waals surface area contributed by atoms with Crippen LogP contribution in [0.2, 0.25) is 0 Å². The molecule has 0 aliphatic carbocycles. The van der Waals surface area contributed by atoms with E-state index in [0.717, 1.165) is 12.2 Å². The number of carbonyl (C=O) groups excluding carboxylic acids is 2. The summed E-state index contributed by atoms with van der Waals surface area (Å²) in [4.78, 5) is 21.4. The lowest BCUT2D eigenvalue weighted by Crippen LogP contribution is -2.21. The molecule has 1 unspecified atom stereocenters. The third-order valence-corrected chi connectivity index (χ3v) is 1.89. The second kappa shape index (κ2) is 24.1. The molecule has 0 aliphatic heterocycles. The molecule has 6 heteroatoms. The molecule has 25 heavy (non-hydrogen) atoms. The van der Waals surface area contributed by atoms with Crippen molar-refractivity contribution in [2.24, 2.45) is 0 Å². The first kappa shape index (κ1) is 27.7. The van der Waals surface area contributed by atoms with E-state index in [4.69, 9.17) is 18.9 Å². The summed E-state index contributed by atoms with van der Waals surface area (Å²) in [6, 6.07) is 0. The third kappa shape index (κ3) is 30.3. The molecule has 144 valence electrons. The van der Waals surface area contributed by atoms with E-state index in [0.29, 0.717) is 13.2 Å². The highest BCUT2D eigenvalue weighted by atomic mass is 16.6. The van der Waals surface area contributed by atoms with Crippen molar-refractivity contribution in [3.63, 3.8) is 0 Å². The number of esters is 2.